The summed E-state index contributed by atoms with van der Waals surface area (Å²) in [7, 11) is 0. The van der Waals surface area contributed by atoms with Gasteiger partial charge in [-0.3, -0.25) is 4.98 Å². The third-order valence-corrected chi connectivity index (χ3v) is 4.28. The standard InChI is InChI=1S/C17H17N3OS/c1-17(2,3)22(21)20-12-16-15(8-5-9-19-16)14-7-4-6-13(10-14)11-18/h4-10,12H,1-3H3/t22-/m0/s1. The second-order valence-electron chi connectivity index (χ2n) is 5.72. The highest BCUT2D eigenvalue weighted by Gasteiger charge is 2.26. The number of aromatic nitrogens is 1. The van der Waals surface area contributed by atoms with Gasteiger partial charge >= 0.3 is 0 Å². The summed E-state index contributed by atoms with van der Waals surface area (Å²) < 4.78 is 15.7. The summed E-state index contributed by atoms with van der Waals surface area (Å²) in [5, 5.41) is 9.01. The van der Waals surface area contributed by atoms with Crippen molar-refractivity contribution in [3.63, 3.8) is 0 Å². The average Bonchev–Trinajstić information content (AvgIpc) is 2.52. The molecule has 1 aromatic carbocycles. The summed E-state index contributed by atoms with van der Waals surface area (Å²) in [6.07, 6.45) is 3.20. The predicted octanol–water partition coefficient (Wildman–Crippen LogP) is 3.50. The average molecular weight is 311 g/mol. The molecule has 0 bridgehead atoms. The highest BCUT2D eigenvalue weighted by molar-refractivity contribution is 7.91. The highest BCUT2D eigenvalue weighted by atomic mass is 32.2. The highest BCUT2D eigenvalue weighted by Crippen LogP contribution is 2.23. The SMILES string of the molecule is CC(C)(C)[S@+]([O-])N=Cc1ncccc1-c1cccc(C#N)c1. The molecule has 2 rings (SSSR count). The van der Waals surface area contributed by atoms with Crippen LogP contribution in [0.2, 0.25) is 0 Å². The quantitative estimate of drug-likeness (QED) is 0.643. The van der Waals surface area contributed by atoms with E-state index in [4.69, 9.17) is 5.26 Å². The molecular weight excluding hydrogens is 294 g/mol. The molecule has 1 aromatic heterocycles. The van der Waals surface area contributed by atoms with E-state index in [9.17, 15) is 4.55 Å². The molecule has 0 saturated heterocycles. The smallest absolute Gasteiger partial charge is 0.144 e. The van der Waals surface area contributed by atoms with Crippen LogP contribution in [-0.2, 0) is 11.4 Å². The van der Waals surface area contributed by atoms with E-state index in [0.717, 1.165) is 11.1 Å². The molecule has 0 aliphatic carbocycles. The van der Waals surface area contributed by atoms with Crippen molar-refractivity contribution >= 4 is 17.6 Å². The Morgan fingerprint density at radius 1 is 1.27 bits per heavy atom. The molecule has 1 atom stereocenters. The Hall–Kier alpha value is -2.16. The molecule has 0 unspecified atom stereocenters. The molecule has 112 valence electrons. The molecule has 4 nitrogen and oxygen atoms in total. The van der Waals surface area contributed by atoms with Crippen LogP contribution in [0.1, 0.15) is 32.0 Å². The van der Waals surface area contributed by atoms with Crippen LogP contribution >= 0.6 is 0 Å². The monoisotopic (exact) mass is 311 g/mol. The van der Waals surface area contributed by atoms with Crippen molar-refractivity contribution in [3.8, 4) is 17.2 Å². The van der Waals surface area contributed by atoms with Crippen LogP contribution in [0.3, 0.4) is 0 Å². The van der Waals surface area contributed by atoms with Crippen LogP contribution in [0.5, 0.6) is 0 Å². The van der Waals surface area contributed by atoms with E-state index in [-0.39, 0.29) is 0 Å². The van der Waals surface area contributed by atoms with Gasteiger partial charge < -0.3 is 4.55 Å². The molecule has 0 amide bonds. The van der Waals surface area contributed by atoms with Crippen LogP contribution in [0, 0.1) is 11.3 Å². The largest absolute Gasteiger partial charge is 0.591 e. The van der Waals surface area contributed by atoms with Crippen molar-refractivity contribution in [1.29, 1.82) is 5.26 Å². The van der Waals surface area contributed by atoms with Crippen molar-refractivity contribution < 1.29 is 4.55 Å². The summed E-state index contributed by atoms with van der Waals surface area (Å²) in [6, 6.07) is 13.2. The summed E-state index contributed by atoms with van der Waals surface area (Å²) in [5.41, 5.74) is 2.96. The molecule has 0 aliphatic rings. The summed E-state index contributed by atoms with van der Waals surface area (Å²) in [4.78, 5) is 4.30. The lowest BCUT2D eigenvalue weighted by atomic mass is 10.0. The van der Waals surface area contributed by atoms with Crippen LogP contribution in [0.25, 0.3) is 11.1 Å². The minimum Gasteiger partial charge on any atom is -0.591 e. The van der Waals surface area contributed by atoms with Crippen LogP contribution in [0.4, 0.5) is 0 Å². The second-order valence-corrected chi connectivity index (χ2v) is 7.66. The van der Waals surface area contributed by atoms with Crippen LogP contribution in [0.15, 0.2) is 47.0 Å². The van der Waals surface area contributed by atoms with Crippen LogP contribution in [-0.4, -0.2) is 20.5 Å². The van der Waals surface area contributed by atoms with Gasteiger partial charge in [-0.15, -0.1) is 0 Å². The van der Waals surface area contributed by atoms with E-state index in [2.05, 4.69) is 15.5 Å². The fourth-order valence-corrected chi connectivity index (χ4v) is 2.29. The van der Waals surface area contributed by atoms with E-state index in [1.807, 2.05) is 45.0 Å². The first kappa shape index (κ1) is 16.2. The zero-order valence-electron chi connectivity index (χ0n) is 12.8. The van der Waals surface area contributed by atoms with Crippen molar-refractivity contribution in [2.24, 2.45) is 4.40 Å². The van der Waals surface area contributed by atoms with Gasteiger partial charge in [0.05, 0.1) is 17.3 Å². The number of pyridine rings is 1. The third kappa shape index (κ3) is 3.94. The van der Waals surface area contributed by atoms with E-state index in [0.29, 0.717) is 11.3 Å². The third-order valence-electron chi connectivity index (χ3n) is 2.94. The van der Waals surface area contributed by atoms with Gasteiger partial charge in [-0.25, -0.2) is 0 Å². The molecule has 0 fully saturated rings. The molecular formula is C17H17N3OS. The molecule has 0 N–H and O–H groups in total. The predicted molar refractivity (Wildman–Crippen MR) is 89.9 cm³/mol. The number of hydrogen-bond acceptors (Lipinski definition) is 4. The number of benzene rings is 1. The first-order chi connectivity index (χ1) is 10.4. The van der Waals surface area contributed by atoms with Gasteiger partial charge in [0.15, 0.2) is 0 Å². The molecule has 22 heavy (non-hydrogen) atoms. The Labute approximate surface area is 133 Å². The van der Waals surface area contributed by atoms with Gasteiger partial charge in [0.2, 0.25) is 0 Å². The van der Waals surface area contributed by atoms with E-state index in [1.165, 1.54) is 6.21 Å². The molecule has 5 heteroatoms. The minimum atomic E-state index is -1.33. The van der Waals surface area contributed by atoms with Crippen molar-refractivity contribution in [1.82, 2.24) is 4.98 Å². The van der Waals surface area contributed by atoms with Crippen molar-refractivity contribution in [2.75, 3.05) is 0 Å². The summed E-state index contributed by atoms with van der Waals surface area (Å²) in [5.74, 6) is 0. The Balaban J connectivity index is 2.39. The number of rotatable bonds is 3. The minimum absolute atomic E-state index is 0.411. The maximum atomic E-state index is 12.0. The Morgan fingerprint density at radius 2 is 2.05 bits per heavy atom. The molecule has 2 aromatic rings. The maximum absolute atomic E-state index is 12.0. The van der Waals surface area contributed by atoms with E-state index < -0.39 is 16.1 Å². The Kier molecular flexibility index (Phi) is 4.96. The first-order valence-corrected chi connectivity index (χ1v) is 7.94. The second kappa shape index (κ2) is 6.73. The number of nitriles is 1. The van der Waals surface area contributed by atoms with Gasteiger partial charge in [-0.05, 0) is 44.5 Å². The van der Waals surface area contributed by atoms with E-state index >= 15 is 0 Å². The molecule has 0 spiro atoms. The number of nitrogens with zero attached hydrogens (tertiary/aromatic N) is 3. The topological polar surface area (TPSA) is 72.1 Å². The summed E-state index contributed by atoms with van der Waals surface area (Å²) >= 11 is -1.33. The Morgan fingerprint density at radius 3 is 2.73 bits per heavy atom. The van der Waals surface area contributed by atoms with Gasteiger partial charge in [0, 0.05) is 11.8 Å². The van der Waals surface area contributed by atoms with Gasteiger partial charge in [-0.1, -0.05) is 22.6 Å². The zero-order valence-corrected chi connectivity index (χ0v) is 13.6. The molecule has 0 aliphatic heterocycles. The normalized spacial score (nSPS) is 13.0. The lowest BCUT2D eigenvalue weighted by molar-refractivity contribution is 0.562. The lowest BCUT2D eigenvalue weighted by Gasteiger charge is -2.17. The number of hydrogen-bond donors (Lipinski definition) is 0. The first-order valence-electron chi connectivity index (χ1n) is 6.83. The van der Waals surface area contributed by atoms with E-state index in [1.54, 1.807) is 18.3 Å². The lowest BCUT2D eigenvalue weighted by Crippen LogP contribution is -2.25. The fourth-order valence-electron chi connectivity index (χ4n) is 1.78. The summed E-state index contributed by atoms with van der Waals surface area (Å²) in [6.45, 7) is 5.61. The fraction of sp³-hybridized carbons (Fsp3) is 0.235. The molecule has 0 saturated carbocycles. The van der Waals surface area contributed by atoms with Gasteiger partial charge in [-0.2, -0.15) is 5.26 Å². The van der Waals surface area contributed by atoms with Crippen molar-refractivity contribution in [2.45, 2.75) is 25.5 Å². The molecule has 0 radical (unpaired) electrons. The van der Waals surface area contributed by atoms with Crippen LogP contribution < -0.4 is 0 Å². The Bertz CT molecular complexity index is 729. The van der Waals surface area contributed by atoms with Gasteiger partial charge in [0.25, 0.3) is 0 Å². The zero-order chi connectivity index (χ0) is 16.2. The maximum Gasteiger partial charge on any atom is 0.144 e. The molecule has 1 heterocycles. The van der Waals surface area contributed by atoms with Gasteiger partial charge in [0.1, 0.15) is 22.3 Å². The van der Waals surface area contributed by atoms with Crippen molar-refractivity contribution in [3.05, 3.63) is 53.9 Å².